The van der Waals surface area contributed by atoms with Gasteiger partial charge in [-0.3, -0.25) is 19.0 Å². The lowest BCUT2D eigenvalue weighted by Crippen LogP contribution is -2.39. The van der Waals surface area contributed by atoms with Crippen molar-refractivity contribution in [2.24, 2.45) is 11.3 Å². The zero-order valence-electron chi connectivity index (χ0n) is 19.6. The molecule has 36 heavy (non-hydrogen) atoms. The topological polar surface area (TPSA) is 114 Å². The van der Waals surface area contributed by atoms with Crippen LogP contribution in [0.2, 0.25) is 5.02 Å². The first-order valence-electron chi connectivity index (χ1n) is 10.9. The predicted octanol–water partition coefficient (Wildman–Crippen LogP) is 3.88. The van der Waals surface area contributed by atoms with Gasteiger partial charge in [-0.05, 0) is 43.5 Å². The first kappa shape index (κ1) is 25.3. The van der Waals surface area contributed by atoms with E-state index in [0.717, 1.165) is 17.8 Å². The first-order chi connectivity index (χ1) is 16.8. The van der Waals surface area contributed by atoms with Crippen molar-refractivity contribution in [3.05, 3.63) is 75.0 Å². The first-order valence-corrected chi connectivity index (χ1v) is 11.3. The Labute approximate surface area is 209 Å². The van der Waals surface area contributed by atoms with E-state index in [4.69, 9.17) is 16.3 Å². The minimum Gasteiger partial charge on any atom is -0.449 e. The Morgan fingerprint density at radius 3 is 2.67 bits per heavy atom. The van der Waals surface area contributed by atoms with E-state index in [-0.39, 0.29) is 40.4 Å². The molecule has 0 spiro atoms. The van der Waals surface area contributed by atoms with Crippen LogP contribution >= 0.6 is 11.6 Å². The molecule has 1 saturated carbocycles. The number of carbonyl (C=O) groups is 2. The number of hydrogen-bond donors (Lipinski definition) is 1. The molecule has 3 atom stereocenters. The number of Topliss-reactive ketones (excluding diaryl/α,β-unsaturated/α-hetero) is 1. The Bertz CT molecular complexity index is 1460. The van der Waals surface area contributed by atoms with Crippen LogP contribution < -0.4 is 15.6 Å². The van der Waals surface area contributed by atoms with Gasteiger partial charge in [0.15, 0.2) is 11.5 Å². The number of nitrogens with one attached hydrogen (secondary N) is 1. The van der Waals surface area contributed by atoms with Crippen molar-refractivity contribution >= 4 is 23.3 Å². The molecule has 8 nitrogen and oxygen atoms in total. The summed E-state index contributed by atoms with van der Waals surface area (Å²) in [6, 6.07) is 5.41. The Hall–Kier alpha value is -3.84. The number of aromatic nitrogens is 2. The Balaban J connectivity index is 1.83. The number of fused-ring (bicyclic) bond motifs is 1. The average molecular weight is 515 g/mol. The monoisotopic (exact) mass is 514 g/mol. The summed E-state index contributed by atoms with van der Waals surface area (Å²) in [5.74, 6) is -5.60. The molecule has 1 N–H and O–H groups in total. The van der Waals surface area contributed by atoms with Crippen LogP contribution in [-0.2, 0) is 22.1 Å². The van der Waals surface area contributed by atoms with Gasteiger partial charge in [-0.15, -0.1) is 0 Å². The number of nitrogens with zero attached hydrogens (tertiary/aromatic N) is 3. The number of ketones is 1. The van der Waals surface area contributed by atoms with Crippen molar-refractivity contribution in [1.29, 1.82) is 5.26 Å². The number of benzene rings is 1. The van der Waals surface area contributed by atoms with Gasteiger partial charge in [0.05, 0.1) is 23.5 Å². The van der Waals surface area contributed by atoms with E-state index in [1.54, 1.807) is 6.08 Å². The van der Waals surface area contributed by atoms with Crippen LogP contribution in [0.3, 0.4) is 0 Å². The average Bonchev–Trinajstić information content (AvgIpc) is 3.36. The van der Waals surface area contributed by atoms with Crippen LogP contribution in [0.4, 0.5) is 8.78 Å². The van der Waals surface area contributed by atoms with Gasteiger partial charge < -0.3 is 10.1 Å². The lowest BCUT2D eigenvalue weighted by Gasteiger charge is -2.23. The molecule has 2 aliphatic rings. The molecule has 3 unspecified atom stereocenters. The zero-order valence-corrected chi connectivity index (χ0v) is 20.3. The van der Waals surface area contributed by atoms with Gasteiger partial charge in [0.25, 0.3) is 11.5 Å². The van der Waals surface area contributed by atoms with E-state index < -0.39 is 45.6 Å². The molecule has 1 aliphatic carbocycles. The van der Waals surface area contributed by atoms with Crippen LogP contribution in [0.1, 0.15) is 32.0 Å². The van der Waals surface area contributed by atoms with Gasteiger partial charge in [-0.1, -0.05) is 31.2 Å². The summed E-state index contributed by atoms with van der Waals surface area (Å²) < 4.78 is 36.7. The fourth-order valence-corrected chi connectivity index (χ4v) is 4.66. The van der Waals surface area contributed by atoms with Gasteiger partial charge in [-0.2, -0.15) is 14.0 Å². The number of amides is 1. The van der Waals surface area contributed by atoms with Gasteiger partial charge in [0.2, 0.25) is 5.75 Å². The number of hydrogen-bond acceptors (Lipinski definition) is 6. The highest BCUT2D eigenvalue weighted by molar-refractivity contribution is 6.30. The minimum absolute atomic E-state index is 0.0264. The van der Waals surface area contributed by atoms with Crippen LogP contribution in [-0.4, -0.2) is 27.3 Å². The largest absolute Gasteiger partial charge is 0.449 e. The van der Waals surface area contributed by atoms with Crippen LogP contribution in [0.15, 0.2) is 53.1 Å². The summed E-state index contributed by atoms with van der Waals surface area (Å²) in [5, 5.41) is 12.1. The molecule has 186 valence electrons. The van der Waals surface area contributed by atoms with E-state index in [1.165, 1.54) is 25.1 Å². The number of carbonyl (C=O) groups excluding carboxylic acids is 2. The molecule has 0 bridgehead atoms. The molecule has 11 heteroatoms. The number of allylic oxidation sites excluding steroid dienone is 1. The van der Waals surface area contributed by atoms with E-state index >= 15 is 8.78 Å². The van der Waals surface area contributed by atoms with Crippen molar-refractivity contribution in [2.45, 2.75) is 39.3 Å². The Morgan fingerprint density at radius 1 is 1.36 bits per heavy atom. The molecule has 2 heterocycles. The predicted molar refractivity (Wildman–Crippen MR) is 126 cm³/mol. The summed E-state index contributed by atoms with van der Waals surface area (Å²) in [6.07, 6.45) is 2.53. The summed E-state index contributed by atoms with van der Waals surface area (Å²) in [7, 11) is 0. The third-order valence-electron chi connectivity index (χ3n) is 6.64. The maximum absolute atomic E-state index is 15.0. The second-order valence-electron chi connectivity index (χ2n) is 9.07. The fraction of sp³-hybridized carbons (Fsp3) is 0.320. The molecule has 4 rings (SSSR count). The molecule has 1 aromatic carbocycles. The fourth-order valence-electron chi connectivity index (χ4n) is 4.44. The van der Waals surface area contributed by atoms with Gasteiger partial charge in [-0.25, -0.2) is 4.98 Å². The second kappa shape index (κ2) is 8.68. The van der Waals surface area contributed by atoms with Crippen molar-refractivity contribution < 1.29 is 23.1 Å². The van der Waals surface area contributed by atoms with Crippen molar-refractivity contribution in [3.63, 3.8) is 0 Å². The summed E-state index contributed by atoms with van der Waals surface area (Å²) in [5.41, 5.74) is -3.12. The number of nitriles is 1. The molecular formula is C25H21ClF2N4O4. The van der Waals surface area contributed by atoms with Gasteiger partial charge in [0, 0.05) is 23.0 Å². The molecule has 1 fully saturated rings. The molecule has 1 aliphatic heterocycles. The lowest BCUT2D eigenvalue weighted by molar-refractivity contribution is -0.122. The zero-order chi connectivity index (χ0) is 26.6. The Kier molecular flexibility index (Phi) is 6.09. The van der Waals surface area contributed by atoms with E-state index in [0.29, 0.717) is 0 Å². The number of ether oxygens (including phenoxy) is 1. The SMILES string of the molecule is C=C(C)C(F)(F)c1ncn(CC23C=C(C(C)=O)C(=O)NC2C3C)c(=O)c1Oc1cc(Cl)cc(C#N)c1. The molecule has 1 amide bonds. The van der Waals surface area contributed by atoms with Crippen LogP contribution in [0.5, 0.6) is 11.5 Å². The summed E-state index contributed by atoms with van der Waals surface area (Å²) in [6.45, 7) is 7.46. The van der Waals surface area contributed by atoms with Crippen LogP contribution in [0.25, 0.3) is 0 Å². The van der Waals surface area contributed by atoms with Gasteiger partial charge in [0.1, 0.15) is 5.75 Å². The smallest absolute Gasteiger partial charge is 0.314 e. The maximum atomic E-state index is 15.0. The number of alkyl halides is 2. The molecule has 0 saturated heterocycles. The third kappa shape index (κ3) is 4.09. The second-order valence-corrected chi connectivity index (χ2v) is 9.50. The normalized spacial score (nSPS) is 22.6. The van der Waals surface area contributed by atoms with Crippen molar-refractivity contribution in [1.82, 2.24) is 14.9 Å². The van der Waals surface area contributed by atoms with Gasteiger partial charge >= 0.3 is 5.92 Å². The highest BCUT2D eigenvalue weighted by Gasteiger charge is 2.64. The van der Waals surface area contributed by atoms with Crippen molar-refractivity contribution in [2.75, 3.05) is 0 Å². The highest BCUT2D eigenvalue weighted by Crippen LogP contribution is 2.57. The molecular weight excluding hydrogens is 494 g/mol. The molecule has 1 aromatic heterocycles. The van der Waals surface area contributed by atoms with Crippen molar-refractivity contribution in [3.8, 4) is 17.6 Å². The molecule has 0 radical (unpaired) electrons. The minimum atomic E-state index is -3.70. The number of rotatable bonds is 7. The van der Waals surface area contributed by atoms with Crippen LogP contribution in [0, 0.1) is 22.7 Å². The third-order valence-corrected chi connectivity index (χ3v) is 6.85. The quantitative estimate of drug-likeness (QED) is 0.443. The maximum Gasteiger partial charge on any atom is 0.314 e. The lowest BCUT2D eigenvalue weighted by atomic mass is 9.94. The molecule has 2 aromatic rings. The van der Waals surface area contributed by atoms with E-state index in [2.05, 4.69) is 16.9 Å². The standard InChI is InChI=1S/C25H21ClF2N4O4/c1-12(2)25(27,28)21-19(36-17-6-15(9-29)5-16(26)7-17)23(35)32(11-30-21)10-24-8-18(14(4)33)22(34)31-20(24)13(24)3/h5-8,11,13,20H,1,10H2,2-4H3,(H,31,34). The number of halogens is 3. The van der Waals surface area contributed by atoms with E-state index in [9.17, 15) is 19.6 Å². The summed E-state index contributed by atoms with van der Waals surface area (Å²) >= 11 is 6.01. The Morgan fingerprint density at radius 2 is 2.06 bits per heavy atom. The van der Waals surface area contributed by atoms with E-state index in [1.807, 2.05) is 13.0 Å². The summed E-state index contributed by atoms with van der Waals surface area (Å²) in [4.78, 5) is 41.5. The highest BCUT2D eigenvalue weighted by atomic mass is 35.5.